The maximum Gasteiger partial charge on any atom is 0.174 e. The van der Waals surface area contributed by atoms with Gasteiger partial charge in [-0.25, -0.2) is 4.39 Å². The number of hydrogen-bond donors (Lipinski definition) is 1. The van der Waals surface area contributed by atoms with Crippen LogP contribution in [0.1, 0.15) is 24.8 Å². The van der Waals surface area contributed by atoms with Gasteiger partial charge in [0.25, 0.3) is 0 Å². The first-order chi connectivity index (χ1) is 9.69. The molecule has 2 aromatic rings. The molecule has 0 radical (unpaired) electrons. The van der Waals surface area contributed by atoms with E-state index < -0.39 is 5.82 Å². The minimum atomic E-state index is -0.413. The van der Waals surface area contributed by atoms with E-state index in [0.717, 1.165) is 18.7 Å². The fourth-order valence-corrected chi connectivity index (χ4v) is 1.97. The van der Waals surface area contributed by atoms with Gasteiger partial charge in [-0.2, -0.15) is 0 Å². The van der Waals surface area contributed by atoms with Crippen molar-refractivity contribution in [1.29, 1.82) is 0 Å². The second kappa shape index (κ2) is 7.40. The Kier molecular flexibility index (Phi) is 5.55. The molecule has 0 unspecified atom stereocenters. The fraction of sp³-hybridized carbons (Fsp3) is 0.357. The van der Waals surface area contributed by atoms with Crippen molar-refractivity contribution in [2.45, 2.75) is 26.5 Å². The zero-order chi connectivity index (χ0) is 14.4. The lowest BCUT2D eigenvalue weighted by atomic mass is 10.3. The van der Waals surface area contributed by atoms with Crippen LogP contribution < -0.4 is 10.1 Å². The lowest BCUT2D eigenvalue weighted by molar-refractivity contribution is 0.239. The number of ether oxygens (including phenoxy) is 1. The zero-order valence-electron chi connectivity index (χ0n) is 11.2. The summed E-state index contributed by atoms with van der Waals surface area (Å²) in [5.74, 6) is 0.347. The van der Waals surface area contributed by atoms with Crippen molar-refractivity contribution in [1.82, 2.24) is 10.5 Å². The van der Waals surface area contributed by atoms with Crippen LogP contribution in [0.5, 0.6) is 5.75 Å². The van der Waals surface area contributed by atoms with Gasteiger partial charge >= 0.3 is 0 Å². The third-order valence-corrected chi connectivity index (χ3v) is 3.10. The molecule has 6 heteroatoms. The van der Waals surface area contributed by atoms with E-state index in [4.69, 9.17) is 9.26 Å². The fourth-order valence-electron chi connectivity index (χ4n) is 1.64. The summed E-state index contributed by atoms with van der Waals surface area (Å²) in [6, 6.07) is 6.45. The Balaban J connectivity index is 1.87. The van der Waals surface area contributed by atoms with Crippen molar-refractivity contribution < 1.29 is 13.7 Å². The molecule has 0 aliphatic carbocycles. The molecule has 2 rings (SSSR count). The van der Waals surface area contributed by atoms with E-state index in [-0.39, 0.29) is 12.4 Å². The standard InChI is InChI=1S/C14H16BrFN2O2/c1-2-5-17-8-11-7-12(20-18-11)9-19-14-4-3-10(15)6-13(14)16/h3-4,6-7,17H,2,5,8-9H2,1H3. The lowest BCUT2D eigenvalue weighted by Crippen LogP contribution is -2.13. The minimum absolute atomic E-state index is 0.152. The van der Waals surface area contributed by atoms with Gasteiger partial charge in [0.15, 0.2) is 17.3 Å². The van der Waals surface area contributed by atoms with Crippen LogP contribution in [0.25, 0.3) is 0 Å². The highest BCUT2D eigenvalue weighted by molar-refractivity contribution is 9.10. The predicted octanol–water partition coefficient (Wildman–Crippen LogP) is 3.65. The molecule has 20 heavy (non-hydrogen) atoms. The molecule has 0 aliphatic rings. The third kappa shape index (κ3) is 4.31. The third-order valence-electron chi connectivity index (χ3n) is 2.60. The van der Waals surface area contributed by atoms with Gasteiger partial charge in [0.05, 0.1) is 5.69 Å². The smallest absolute Gasteiger partial charge is 0.174 e. The van der Waals surface area contributed by atoms with E-state index in [0.29, 0.717) is 16.8 Å². The van der Waals surface area contributed by atoms with Crippen LogP contribution in [0.4, 0.5) is 4.39 Å². The predicted molar refractivity (Wildman–Crippen MR) is 76.9 cm³/mol. The summed E-state index contributed by atoms with van der Waals surface area (Å²) in [7, 11) is 0. The molecular weight excluding hydrogens is 327 g/mol. The van der Waals surface area contributed by atoms with Crippen LogP contribution in [0.3, 0.4) is 0 Å². The molecule has 1 N–H and O–H groups in total. The van der Waals surface area contributed by atoms with Crippen molar-refractivity contribution in [2.75, 3.05) is 6.54 Å². The summed E-state index contributed by atoms with van der Waals surface area (Å²) in [6.45, 7) is 3.84. The Labute approximate surface area is 125 Å². The molecule has 4 nitrogen and oxygen atoms in total. The average molecular weight is 343 g/mol. The van der Waals surface area contributed by atoms with Crippen molar-refractivity contribution in [3.05, 3.63) is 46.0 Å². The van der Waals surface area contributed by atoms with Gasteiger partial charge in [0.2, 0.25) is 0 Å². The van der Waals surface area contributed by atoms with E-state index in [1.54, 1.807) is 18.2 Å². The number of nitrogens with one attached hydrogen (secondary N) is 1. The molecule has 0 atom stereocenters. The molecule has 0 saturated carbocycles. The molecule has 0 spiro atoms. The molecule has 1 heterocycles. The van der Waals surface area contributed by atoms with E-state index in [1.165, 1.54) is 6.07 Å². The first kappa shape index (κ1) is 15.0. The Morgan fingerprint density at radius 1 is 1.40 bits per heavy atom. The highest BCUT2D eigenvalue weighted by Gasteiger charge is 2.08. The zero-order valence-corrected chi connectivity index (χ0v) is 12.7. The van der Waals surface area contributed by atoms with Crippen molar-refractivity contribution in [3.63, 3.8) is 0 Å². The SMILES string of the molecule is CCCNCc1cc(COc2ccc(Br)cc2F)on1. The summed E-state index contributed by atoms with van der Waals surface area (Å²) in [4.78, 5) is 0. The lowest BCUT2D eigenvalue weighted by Gasteiger charge is -2.04. The Bertz CT molecular complexity index is 560. The summed E-state index contributed by atoms with van der Waals surface area (Å²) in [6.07, 6.45) is 1.07. The number of halogens is 2. The second-order valence-corrected chi connectivity index (χ2v) is 5.24. The molecule has 0 bridgehead atoms. The van der Waals surface area contributed by atoms with Gasteiger partial charge in [0.1, 0.15) is 6.61 Å². The molecule has 1 aromatic heterocycles. The van der Waals surface area contributed by atoms with Crippen LogP contribution in [0.15, 0.2) is 33.3 Å². The minimum Gasteiger partial charge on any atom is -0.482 e. The van der Waals surface area contributed by atoms with E-state index >= 15 is 0 Å². The Morgan fingerprint density at radius 3 is 3.00 bits per heavy atom. The van der Waals surface area contributed by atoms with Crippen molar-refractivity contribution >= 4 is 15.9 Å². The van der Waals surface area contributed by atoms with Crippen LogP contribution in [0, 0.1) is 5.82 Å². The first-order valence-electron chi connectivity index (χ1n) is 6.42. The van der Waals surface area contributed by atoms with Crippen molar-refractivity contribution in [2.24, 2.45) is 0 Å². The Morgan fingerprint density at radius 2 is 2.25 bits per heavy atom. The van der Waals surface area contributed by atoms with Gasteiger partial charge in [-0.1, -0.05) is 28.0 Å². The van der Waals surface area contributed by atoms with Gasteiger partial charge in [-0.3, -0.25) is 0 Å². The number of benzene rings is 1. The molecule has 108 valence electrons. The van der Waals surface area contributed by atoms with Gasteiger partial charge in [-0.05, 0) is 31.2 Å². The summed E-state index contributed by atoms with van der Waals surface area (Å²) < 4.78 is 24.7. The largest absolute Gasteiger partial charge is 0.482 e. The number of rotatable bonds is 7. The van der Waals surface area contributed by atoms with Crippen molar-refractivity contribution in [3.8, 4) is 5.75 Å². The first-order valence-corrected chi connectivity index (χ1v) is 7.21. The van der Waals surface area contributed by atoms with Crippen LogP contribution in [-0.4, -0.2) is 11.7 Å². The summed E-state index contributed by atoms with van der Waals surface area (Å²) >= 11 is 3.19. The molecule has 0 aliphatic heterocycles. The van der Waals surface area contributed by atoms with Crippen LogP contribution in [0.2, 0.25) is 0 Å². The van der Waals surface area contributed by atoms with E-state index in [1.807, 2.05) is 0 Å². The summed E-state index contributed by atoms with van der Waals surface area (Å²) in [5.41, 5.74) is 0.813. The highest BCUT2D eigenvalue weighted by atomic mass is 79.9. The maximum atomic E-state index is 13.6. The number of nitrogens with zero attached hydrogens (tertiary/aromatic N) is 1. The van der Waals surface area contributed by atoms with Gasteiger partial charge in [-0.15, -0.1) is 0 Å². The topological polar surface area (TPSA) is 47.3 Å². The second-order valence-electron chi connectivity index (χ2n) is 4.32. The van der Waals surface area contributed by atoms with Crippen LogP contribution in [-0.2, 0) is 13.2 Å². The molecule has 0 saturated heterocycles. The number of aromatic nitrogens is 1. The molecule has 0 amide bonds. The average Bonchev–Trinajstić information content (AvgIpc) is 2.86. The quantitative estimate of drug-likeness (QED) is 0.780. The molecule has 1 aromatic carbocycles. The van der Waals surface area contributed by atoms with Crippen LogP contribution >= 0.6 is 15.9 Å². The van der Waals surface area contributed by atoms with E-state index in [9.17, 15) is 4.39 Å². The number of hydrogen-bond acceptors (Lipinski definition) is 4. The molecule has 0 fully saturated rings. The normalized spacial score (nSPS) is 10.8. The Hall–Kier alpha value is -1.40. The summed E-state index contributed by atoms with van der Waals surface area (Å²) in [5, 5.41) is 7.14. The maximum absolute atomic E-state index is 13.6. The highest BCUT2D eigenvalue weighted by Crippen LogP contribution is 2.22. The monoisotopic (exact) mass is 342 g/mol. The molecular formula is C14H16BrFN2O2. The van der Waals surface area contributed by atoms with Gasteiger partial charge < -0.3 is 14.6 Å². The van der Waals surface area contributed by atoms with Gasteiger partial charge in [0, 0.05) is 17.1 Å². The van der Waals surface area contributed by atoms with E-state index in [2.05, 4.69) is 33.3 Å².